The van der Waals surface area contributed by atoms with Crippen LogP contribution >= 0.6 is 0 Å². The van der Waals surface area contributed by atoms with Crippen LogP contribution in [0.1, 0.15) is 6.92 Å². The highest BCUT2D eigenvalue weighted by molar-refractivity contribution is 5.83. The molecule has 0 unspecified atom stereocenters. The minimum atomic E-state index is 0.567. The maximum Gasteiger partial charge on any atom is 0.229 e. The van der Waals surface area contributed by atoms with E-state index >= 15 is 0 Å². The smallest absolute Gasteiger partial charge is 0.229 e. The Kier molecular flexibility index (Phi) is 5.41. The van der Waals surface area contributed by atoms with Crippen LogP contribution in [-0.4, -0.2) is 52.6 Å². The second kappa shape index (κ2) is 8.65. The zero-order valence-electron chi connectivity index (χ0n) is 17.7. The SMILES string of the molecule is CCN1CCN(c2ccc(Nc3nccc(Nc4ccc5[nH]ccc5c4)n3)cc2)CC1. The van der Waals surface area contributed by atoms with E-state index in [-0.39, 0.29) is 0 Å². The van der Waals surface area contributed by atoms with Crippen LogP contribution in [0.25, 0.3) is 10.9 Å². The molecule has 5 rings (SSSR count). The molecule has 3 heterocycles. The molecule has 1 fully saturated rings. The number of anilines is 5. The molecule has 0 radical (unpaired) electrons. The number of aromatic nitrogens is 3. The van der Waals surface area contributed by atoms with Crippen LogP contribution in [-0.2, 0) is 0 Å². The normalized spacial score (nSPS) is 14.7. The monoisotopic (exact) mass is 413 g/mol. The number of likely N-dealkylation sites (N-methyl/N-ethyl adjacent to an activating group) is 1. The topological polar surface area (TPSA) is 72.1 Å². The Balaban J connectivity index is 1.24. The highest BCUT2D eigenvalue weighted by Crippen LogP contribution is 2.23. The maximum absolute atomic E-state index is 4.60. The van der Waals surface area contributed by atoms with Crippen LogP contribution in [0.2, 0.25) is 0 Å². The van der Waals surface area contributed by atoms with Crippen molar-refractivity contribution in [2.75, 3.05) is 48.3 Å². The van der Waals surface area contributed by atoms with Gasteiger partial charge in [0, 0.05) is 66.5 Å². The Bertz CT molecular complexity index is 1140. The quantitative estimate of drug-likeness (QED) is 0.430. The molecule has 2 aromatic heterocycles. The zero-order valence-corrected chi connectivity index (χ0v) is 17.7. The summed E-state index contributed by atoms with van der Waals surface area (Å²) in [6, 6.07) is 18.6. The Hall–Kier alpha value is -3.58. The largest absolute Gasteiger partial charge is 0.369 e. The predicted molar refractivity (Wildman–Crippen MR) is 128 cm³/mol. The van der Waals surface area contributed by atoms with Crippen molar-refractivity contribution in [3.8, 4) is 0 Å². The van der Waals surface area contributed by atoms with E-state index in [1.807, 2.05) is 18.3 Å². The molecule has 1 saturated heterocycles. The Labute approximate surface area is 182 Å². The van der Waals surface area contributed by atoms with Crippen LogP contribution in [0, 0.1) is 0 Å². The number of rotatable bonds is 6. The van der Waals surface area contributed by atoms with Crippen molar-refractivity contribution in [1.29, 1.82) is 0 Å². The number of hydrogen-bond donors (Lipinski definition) is 3. The molecule has 2 aromatic carbocycles. The van der Waals surface area contributed by atoms with E-state index in [1.54, 1.807) is 6.20 Å². The molecule has 4 aromatic rings. The van der Waals surface area contributed by atoms with Crippen molar-refractivity contribution in [3.63, 3.8) is 0 Å². The van der Waals surface area contributed by atoms with Gasteiger partial charge >= 0.3 is 0 Å². The third kappa shape index (κ3) is 4.46. The number of nitrogens with zero attached hydrogens (tertiary/aromatic N) is 4. The van der Waals surface area contributed by atoms with Gasteiger partial charge in [-0.05, 0) is 61.1 Å². The van der Waals surface area contributed by atoms with Crippen molar-refractivity contribution >= 4 is 39.7 Å². The van der Waals surface area contributed by atoms with Gasteiger partial charge in [0.15, 0.2) is 0 Å². The summed E-state index contributed by atoms with van der Waals surface area (Å²) >= 11 is 0. The minimum Gasteiger partial charge on any atom is -0.369 e. The van der Waals surface area contributed by atoms with E-state index in [2.05, 4.69) is 84.8 Å². The number of hydrogen-bond acceptors (Lipinski definition) is 6. The van der Waals surface area contributed by atoms with E-state index in [0.29, 0.717) is 5.95 Å². The molecule has 0 atom stereocenters. The first kappa shape index (κ1) is 19.4. The van der Waals surface area contributed by atoms with Crippen molar-refractivity contribution in [2.24, 2.45) is 0 Å². The number of nitrogens with one attached hydrogen (secondary N) is 3. The van der Waals surface area contributed by atoms with Gasteiger partial charge in [-0.1, -0.05) is 6.92 Å². The second-order valence-electron chi connectivity index (χ2n) is 7.76. The summed E-state index contributed by atoms with van der Waals surface area (Å²) in [5.74, 6) is 1.31. The summed E-state index contributed by atoms with van der Waals surface area (Å²) in [5, 5.41) is 7.83. The molecule has 0 amide bonds. The van der Waals surface area contributed by atoms with Gasteiger partial charge in [-0.25, -0.2) is 4.98 Å². The van der Waals surface area contributed by atoms with E-state index in [9.17, 15) is 0 Å². The first-order valence-corrected chi connectivity index (χ1v) is 10.8. The molecule has 158 valence electrons. The zero-order chi connectivity index (χ0) is 21.0. The van der Waals surface area contributed by atoms with Crippen LogP contribution in [0.5, 0.6) is 0 Å². The fraction of sp³-hybridized carbons (Fsp3) is 0.250. The first-order chi connectivity index (χ1) is 15.3. The molecule has 3 N–H and O–H groups in total. The Morgan fingerprint density at radius 1 is 0.903 bits per heavy atom. The lowest BCUT2D eigenvalue weighted by atomic mass is 10.2. The summed E-state index contributed by atoms with van der Waals surface area (Å²) in [6.07, 6.45) is 3.70. The highest BCUT2D eigenvalue weighted by Gasteiger charge is 2.15. The van der Waals surface area contributed by atoms with Crippen LogP contribution in [0.4, 0.5) is 28.8 Å². The molecule has 0 spiro atoms. The van der Waals surface area contributed by atoms with Gasteiger partial charge < -0.3 is 25.4 Å². The standard InChI is InChI=1S/C24H27N7/c1-2-30-13-15-31(16-14-30)21-6-3-19(4-7-21)28-24-26-12-10-23(29-24)27-20-5-8-22-18(17-20)9-11-25-22/h3-12,17,25H,2,13-16H2,1H3,(H2,26,27,28,29). The van der Waals surface area contributed by atoms with Crippen LogP contribution in [0.15, 0.2) is 67.0 Å². The average molecular weight is 414 g/mol. The minimum absolute atomic E-state index is 0.567. The van der Waals surface area contributed by atoms with Gasteiger partial charge in [0.1, 0.15) is 5.82 Å². The highest BCUT2D eigenvalue weighted by atomic mass is 15.3. The lowest BCUT2D eigenvalue weighted by Gasteiger charge is -2.35. The summed E-state index contributed by atoms with van der Waals surface area (Å²) in [6.45, 7) is 7.76. The van der Waals surface area contributed by atoms with E-state index < -0.39 is 0 Å². The van der Waals surface area contributed by atoms with E-state index in [0.717, 1.165) is 60.8 Å². The van der Waals surface area contributed by atoms with Gasteiger partial charge in [0.05, 0.1) is 0 Å². The van der Waals surface area contributed by atoms with Gasteiger partial charge in [0.25, 0.3) is 0 Å². The maximum atomic E-state index is 4.60. The van der Waals surface area contributed by atoms with Gasteiger partial charge in [-0.3, -0.25) is 0 Å². The van der Waals surface area contributed by atoms with Crippen LogP contribution < -0.4 is 15.5 Å². The fourth-order valence-corrected chi connectivity index (χ4v) is 3.97. The molecule has 1 aliphatic rings. The molecule has 0 saturated carbocycles. The number of piperazine rings is 1. The molecule has 7 nitrogen and oxygen atoms in total. The third-order valence-corrected chi connectivity index (χ3v) is 5.79. The molecule has 0 aliphatic carbocycles. The molecule has 31 heavy (non-hydrogen) atoms. The molecule has 0 bridgehead atoms. The lowest BCUT2D eigenvalue weighted by molar-refractivity contribution is 0.271. The van der Waals surface area contributed by atoms with Crippen molar-refractivity contribution in [3.05, 3.63) is 67.0 Å². The van der Waals surface area contributed by atoms with Gasteiger partial charge in [-0.2, -0.15) is 4.98 Å². The third-order valence-electron chi connectivity index (χ3n) is 5.79. The van der Waals surface area contributed by atoms with E-state index in [1.165, 1.54) is 5.69 Å². The molecule has 1 aliphatic heterocycles. The summed E-state index contributed by atoms with van der Waals surface area (Å²) in [5.41, 5.74) is 4.34. The summed E-state index contributed by atoms with van der Waals surface area (Å²) < 4.78 is 0. The average Bonchev–Trinajstić information content (AvgIpc) is 3.28. The number of aromatic amines is 1. The van der Waals surface area contributed by atoms with Gasteiger partial charge in [0.2, 0.25) is 5.95 Å². The molecular formula is C24H27N7. The Morgan fingerprint density at radius 2 is 1.71 bits per heavy atom. The molecule has 7 heteroatoms. The van der Waals surface area contributed by atoms with E-state index in [4.69, 9.17) is 0 Å². The summed E-state index contributed by atoms with van der Waals surface area (Å²) in [4.78, 5) is 17.1. The summed E-state index contributed by atoms with van der Waals surface area (Å²) in [7, 11) is 0. The molecular weight excluding hydrogens is 386 g/mol. The lowest BCUT2D eigenvalue weighted by Crippen LogP contribution is -2.46. The van der Waals surface area contributed by atoms with Crippen LogP contribution in [0.3, 0.4) is 0 Å². The van der Waals surface area contributed by atoms with Gasteiger partial charge in [-0.15, -0.1) is 0 Å². The first-order valence-electron chi connectivity index (χ1n) is 10.8. The second-order valence-corrected chi connectivity index (χ2v) is 7.76. The number of benzene rings is 2. The van der Waals surface area contributed by atoms with Crippen molar-refractivity contribution in [1.82, 2.24) is 19.9 Å². The predicted octanol–water partition coefficient (Wildman–Crippen LogP) is 4.59. The van der Waals surface area contributed by atoms with Crippen molar-refractivity contribution in [2.45, 2.75) is 6.92 Å². The number of H-pyrrole nitrogens is 1. The Morgan fingerprint density at radius 3 is 2.52 bits per heavy atom. The van der Waals surface area contributed by atoms with Crippen molar-refractivity contribution < 1.29 is 0 Å². The fourth-order valence-electron chi connectivity index (χ4n) is 3.97. The number of fused-ring (bicyclic) bond motifs is 1.